The Morgan fingerprint density at radius 3 is 2.06 bits per heavy atom. The van der Waals surface area contributed by atoms with E-state index in [0.717, 1.165) is 44.9 Å². The SMILES string of the molecule is CC(C)CCCCCC[C@H]1OC(=O)CNC(=O)C([C@H](C)O)NC(=O)[C@H](CN)NC(=O)[C@H](C2CCCCC2)NC(=O)[C@H](CC(C)C)N(C)C(=O)[C@@H]1C. The van der Waals surface area contributed by atoms with Crippen LogP contribution in [0.3, 0.4) is 0 Å². The van der Waals surface area contributed by atoms with Crippen LogP contribution >= 0.6 is 0 Å². The van der Waals surface area contributed by atoms with Crippen LogP contribution in [0.2, 0.25) is 0 Å². The Labute approximate surface area is 304 Å². The van der Waals surface area contributed by atoms with E-state index >= 15 is 0 Å². The number of likely N-dealkylation sites (N-methyl/N-ethyl adjacent to an activating group) is 1. The van der Waals surface area contributed by atoms with E-state index in [1.54, 1.807) is 14.0 Å². The number of nitrogens with zero attached hydrogens (tertiary/aromatic N) is 1. The third kappa shape index (κ3) is 14.4. The number of unbranched alkanes of at least 4 members (excludes halogenated alkanes) is 3. The summed E-state index contributed by atoms with van der Waals surface area (Å²) in [5.74, 6) is -4.33. The molecule has 1 unspecified atom stereocenters. The van der Waals surface area contributed by atoms with E-state index in [4.69, 9.17) is 10.5 Å². The van der Waals surface area contributed by atoms with Crippen LogP contribution in [0.1, 0.15) is 119 Å². The second kappa shape index (κ2) is 22.0. The molecule has 1 saturated heterocycles. The van der Waals surface area contributed by atoms with Crippen molar-refractivity contribution < 1.29 is 38.6 Å². The lowest BCUT2D eigenvalue weighted by atomic mass is 9.83. The number of hydrogen-bond acceptors (Lipinski definition) is 9. The van der Waals surface area contributed by atoms with Crippen molar-refractivity contribution in [1.82, 2.24) is 26.2 Å². The minimum atomic E-state index is -1.47. The largest absolute Gasteiger partial charge is 0.460 e. The zero-order chi connectivity index (χ0) is 38.2. The Balaban J connectivity index is 2.51. The average Bonchev–Trinajstić information content (AvgIpc) is 3.08. The second-order valence-electron chi connectivity index (χ2n) is 15.4. The Bertz CT molecular complexity index is 1160. The molecule has 5 amide bonds. The molecular formula is C37H66N6O8. The summed E-state index contributed by atoms with van der Waals surface area (Å²) in [7, 11) is 1.56. The van der Waals surface area contributed by atoms with Crippen LogP contribution in [-0.4, -0.2) is 102 Å². The summed E-state index contributed by atoms with van der Waals surface area (Å²) in [5, 5.41) is 20.8. The number of carbonyl (C=O) groups is 6. The highest BCUT2D eigenvalue weighted by atomic mass is 16.5. The van der Waals surface area contributed by atoms with Crippen LogP contribution in [0.15, 0.2) is 0 Å². The van der Waals surface area contributed by atoms with Gasteiger partial charge in [0.05, 0.1) is 12.0 Å². The molecule has 14 nitrogen and oxygen atoms in total. The first-order valence-corrected chi connectivity index (χ1v) is 19.1. The predicted octanol–water partition coefficient (Wildman–Crippen LogP) is 1.91. The number of amides is 5. The third-order valence-electron chi connectivity index (χ3n) is 10.1. The van der Waals surface area contributed by atoms with Gasteiger partial charge in [0.15, 0.2) is 0 Å². The van der Waals surface area contributed by atoms with Gasteiger partial charge in [0.25, 0.3) is 0 Å². The van der Waals surface area contributed by atoms with Crippen LogP contribution in [0.25, 0.3) is 0 Å². The maximum atomic E-state index is 14.1. The zero-order valence-electron chi connectivity index (χ0n) is 32.0. The number of rotatable bonds is 12. The molecule has 292 valence electrons. The van der Waals surface area contributed by atoms with Gasteiger partial charge in [-0.05, 0) is 56.8 Å². The maximum Gasteiger partial charge on any atom is 0.325 e. The molecule has 1 heterocycles. The van der Waals surface area contributed by atoms with E-state index in [0.29, 0.717) is 38.0 Å². The fourth-order valence-corrected chi connectivity index (χ4v) is 6.93. The van der Waals surface area contributed by atoms with Crippen LogP contribution in [-0.2, 0) is 33.5 Å². The molecule has 14 heteroatoms. The molecule has 51 heavy (non-hydrogen) atoms. The van der Waals surface area contributed by atoms with Gasteiger partial charge >= 0.3 is 5.97 Å². The van der Waals surface area contributed by atoms with Gasteiger partial charge < -0.3 is 41.7 Å². The molecule has 0 aromatic rings. The van der Waals surface area contributed by atoms with Crippen molar-refractivity contribution in [2.45, 2.75) is 155 Å². The van der Waals surface area contributed by atoms with Gasteiger partial charge in [0, 0.05) is 13.6 Å². The molecule has 1 saturated carbocycles. The van der Waals surface area contributed by atoms with E-state index in [1.165, 1.54) is 11.8 Å². The number of esters is 1. The van der Waals surface area contributed by atoms with E-state index in [2.05, 4.69) is 35.1 Å². The Kier molecular flexibility index (Phi) is 18.9. The smallest absolute Gasteiger partial charge is 0.325 e. The highest BCUT2D eigenvalue weighted by Crippen LogP contribution is 2.28. The molecule has 0 aromatic carbocycles. The molecule has 7 N–H and O–H groups in total. The van der Waals surface area contributed by atoms with Crippen LogP contribution in [0, 0.1) is 23.7 Å². The quantitative estimate of drug-likeness (QED) is 0.128. The molecule has 1 aliphatic heterocycles. The van der Waals surface area contributed by atoms with Gasteiger partial charge in [-0.2, -0.15) is 0 Å². The number of carbonyl (C=O) groups excluding carboxylic acids is 6. The van der Waals surface area contributed by atoms with Gasteiger partial charge in [-0.3, -0.25) is 28.8 Å². The number of ether oxygens (including phenoxy) is 1. The first-order chi connectivity index (χ1) is 24.1. The van der Waals surface area contributed by atoms with E-state index in [-0.39, 0.29) is 24.3 Å². The van der Waals surface area contributed by atoms with E-state index in [9.17, 15) is 33.9 Å². The van der Waals surface area contributed by atoms with Gasteiger partial charge in [0.1, 0.15) is 36.8 Å². The number of aliphatic hydroxyl groups is 1. The number of cyclic esters (lactones) is 1. The summed E-state index contributed by atoms with van der Waals surface area (Å²) in [6, 6.07) is -4.69. The molecule has 0 aromatic heterocycles. The lowest BCUT2D eigenvalue weighted by molar-refractivity contribution is -0.157. The Hall–Kier alpha value is -3.26. The molecule has 2 fully saturated rings. The van der Waals surface area contributed by atoms with E-state index in [1.807, 2.05) is 13.8 Å². The average molecular weight is 723 g/mol. The van der Waals surface area contributed by atoms with Crippen molar-refractivity contribution in [3.05, 3.63) is 0 Å². The summed E-state index contributed by atoms with van der Waals surface area (Å²) in [6.45, 7) is 10.3. The third-order valence-corrected chi connectivity index (χ3v) is 10.1. The standard InChI is InChI=1S/C37H66N6O8/c1-22(2)15-11-8-9-14-18-29-24(5)37(50)43(7)28(19-23(3)4)34(47)42-32(26-16-12-10-13-17-26)36(49)40-27(20-38)33(46)41-31(25(6)44)35(48)39-21-30(45)51-29/h22-29,31-32,44H,8-21,38H2,1-7H3,(H,39,48)(H,40,49)(H,41,46)(H,42,47)/t24-,25+,27+,28+,29-,31?,32+/m1/s1. The summed E-state index contributed by atoms with van der Waals surface area (Å²) < 4.78 is 5.82. The Morgan fingerprint density at radius 2 is 1.47 bits per heavy atom. The highest BCUT2D eigenvalue weighted by Gasteiger charge is 2.39. The first-order valence-electron chi connectivity index (χ1n) is 19.1. The van der Waals surface area contributed by atoms with Crippen LogP contribution < -0.4 is 27.0 Å². The van der Waals surface area contributed by atoms with Crippen LogP contribution in [0.4, 0.5) is 0 Å². The van der Waals surface area contributed by atoms with Gasteiger partial charge in [-0.25, -0.2) is 0 Å². The van der Waals surface area contributed by atoms with Crippen molar-refractivity contribution in [1.29, 1.82) is 0 Å². The molecule has 2 aliphatic rings. The molecule has 0 radical (unpaired) electrons. The Morgan fingerprint density at radius 1 is 0.824 bits per heavy atom. The maximum absolute atomic E-state index is 14.1. The van der Waals surface area contributed by atoms with Crippen LogP contribution in [0.5, 0.6) is 0 Å². The minimum Gasteiger partial charge on any atom is -0.460 e. The number of nitrogens with two attached hydrogens (primary N) is 1. The number of aliphatic hydroxyl groups excluding tert-OH is 1. The molecule has 7 atom stereocenters. The molecule has 0 spiro atoms. The highest BCUT2D eigenvalue weighted by molar-refractivity contribution is 5.96. The summed E-state index contributed by atoms with van der Waals surface area (Å²) in [6.07, 6.45) is 7.43. The predicted molar refractivity (Wildman–Crippen MR) is 194 cm³/mol. The van der Waals surface area contributed by atoms with Crippen molar-refractivity contribution >= 4 is 35.5 Å². The van der Waals surface area contributed by atoms with Crippen molar-refractivity contribution in [3.63, 3.8) is 0 Å². The monoisotopic (exact) mass is 722 g/mol. The minimum absolute atomic E-state index is 0.0186. The van der Waals surface area contributed by atoms with Gasteiger partial charge in [-0.15, -0.1) is 0 Å². The summed E-state index contributed by atoms with van der Waals surface area (Å²) >= 11 is 0. The topological polar surface area (TPSA) is 209 Å². The molecular weight excluding hydrogens is 656 g/mol. The first kappa shape index (κ1) is 43.9. The van der Waals surface area contributed by atoms with Crippen molar-refractivity contribution in [2.75, 3.05) is 20.1 Å². The summed E-state index contributed by atoms with van der Waals surface area (Å²) in [4.78, 5) is 83.0. The molecule has 0 bridgehead atoms. The lowest BCUT2D eigenvalue weighted by Crippen LogP contribution is -2.62. The zero-order valence-corrected chi connectivity index (χ0v) is 32.0. The van der Waals surface area contributed by atoms with Gasteiger partial charge in [-0.1, -0.05) is 79.6 Å². The van der Waals surface area contributed by atoms with Gasteiger partial charge in [0.2, 0.25) is 29.5 Å². The fourth-order valence-electron chi connectivity index (χ4n) is 6.93. The van der Waals surface area contributed by atoms with E-state index < -0.39 is 78.4 Å². The van der Waals surface area contributed by atoms with Crippen molar-refractivity contribution in [3.8, 4) is 0 Å². The fraction of sp³-hybridized carbons (Fsp3) is 0.838. The number of nitrogens with one attached hydrogen (secondary N) is 4. The molecule has 2 rings (SSSR count). The summed E-state index contributed by atoms with van der Waals surface area (Å²) in [5.41, 5.74) is 5.89. The van der Waals surface area contributed by atoms with Crippen molar-refractivity contribution in [2.24, 2.45) is 29.4 Å². The lowest BCUT2D eigenvalue weighted by Gasteiger charge is -2.36. The molecule has 1 aliphatic carbocycles. The number of hydrogen-bond donors (Lipinski definition) is 6. The normalized spacial score (nSPS) is 27.9. The second-order valence-corrected chi connectivity index (χ2v) is 15.4.